The molecule has 0 unspecified atom stereocenters. The van der Waals surface area contributed by atoms with E-state index in [1.54, 1.807) is 0 Å². The smallest absolute Gasteiger partial charge is 0.406 e. The molecule has 0 spiro atoms. The number of carbonyl (C=O) groups excluding carboxylic acids is 5. The second-order valence-electron chi connectivity index (χ2n) is 15.2. The van der Waals surface area contributed by atoms with Crippen LogP contribution in [0.3, 0.4) is 0 Å². The highest BCUT2D eigenvalue weighted by atomic mass is 19.4. The number of aromatic nitrogens is 3. The van der Waals surface area contributed by atoms with Crippen LogP contribution in [0, 0.1) is 5.92 Å². The van der Waals surface area contributed by atoms with Crippen molar-refractivity contribution in [2.45, 2.75) is 101 Å². The van der Waals surface area contributed by atoms with Gasteiger partial charge in [0.25, 0.3) is 17.7 Å². The van der Waals surface area contributed by atoms with Crippen LogP contribution in [0.1, 0.15) is 93.7 Å². The van der Waals surface area contributed by atoms with Crippen LogP contribution in [-0.4, -0.2) is 97.8 Å². The molecule has 300 valence electrons. The van der Waals surface area contributed by atoms with E-state index in [4.69, 9.17) is 10.5 Å². The van der Waals surface area contributed by atoms with E-state index in [0.717, 1.165) is 38.2 Å². The number of carbonyl (C=O) groups is 5. The van der Waals surface area contributed by atoms with E-state index in [0.29, 0.717) is 16.5 Å². The minimum absolute atomic E-state index is 0.0180. The molecule has 2 aliphatic heterocycles. The summed E-state index contributed by atoms with van der Waals surface area (Å²) in [6.45, 7) is 3.11. The lowest BCUT2D eigenvalue weighted by molar-refractivity contribution is -0.274. The largest absolute Gasteiger partial charge is 0.573 e. The highest BCUT2D eigenvalue weighted by Crippen LogP contribution is 2.34. The number of ketones is 1. The van der Waals surface area contributed by atoms with Crippen molar-refractivity contribution in [2.75, 3.05) is 19.8 Å². The number of hydrogen-bond donors (Lipinski definition) is 3. The van der Waals surface area contributed by atoms with Crippen molar-refractivity contribution in [3.8, 4) is 5.75 Å². The van der Waals surface area contributed by atoms with Gasteiger partial charge in [0.2, 0.25) is 11.7 Å². The number of aliphatic imine (C=N–C) groups is 1. The summed E-state index contributed by atoms with van der Waals surface area (Å²) in [6, 6.07) is 6.05. The molecule has 4 N–H and O–H groups in total. The van der Waals surface area contributed by atoms with Gasteiger partial charge >= 0.3 is 6.36 Å². The molecule has 0 bridgehead atoms. The Balaban J connectivity index is 1.36. The number of primary amides is 1. The molecule has 3 heterocycles. The molecule has 3 aromatic rings. The highest BCUT2D eigenvalue weighted by Gasteiger charge is 2.49. The number of amides is 4. The summed E-state index contributed by atoms with van der Waals surface area (Å²) in [6.07, 6.45) is 1.00. The first kappa shape index (κ1) is 40.4. The van der Waals surface area contributed by atoms with E-state index < -0.39 is 64.7 Å². The van der Waals surface area contributed by atoms with E-state index in [1.807, 2.05) is 0 Å². The van der Waals surface area contributed by atoms with Crippen LogP contribution in [0.25, 0.3) is 10.8 Å². The second kappa shape index (κ2) is 16.1. The Hall–Kier alpha value is -5.23. The summed E-state index contributed by atoms with van der Waals surface area (Å²) in [5.74, 6) is -4.84. The Morgan fingerprint density at radius 1 is 1.04 bits per heavy atom. The molecular formula is C38H44F3N7O8. The molecule has 4 amide bonds. The lowest BCUT2D eigenvalue weighted by atomic mass is 9.84. The van der Waals surface area contributed by atoms with Gasteiger partial charge in [-0.15, -0.1) is 18.3 Å². The molecule has 6 rings (SSSR count). The molecule has 18 heteroatoms. The van der Waals surface area contributed by atoms with Gasteiger partial charge in [0.15, 0.2) is 0 Å². The normalized spacial score (nSPS) is 20.8. The lowest BCUT2D eigenvalue weighted by Crippen LogP contribution is -2.63. The molecule has 2 atom stereocenters. The van der Waals surface area contributed by atoms with Crippen LogP contribution in [0.4, 0.5) is 13.2 Å². The zero-order chi connectivity index (χ0) is 40.4. The third-order valence-electron chi connectivity index (χ3n) is 10.7. The standard InChI is InChI=1S/C38H44F3N7O8/c1-36(2,54)30-20-43-46-48(30)26-19-29(34(52)45-37(31(49)32(42)50)12-14-55-15-13-37)47(21-26)35(53)28(16-22-6-4-3-5-7-22)44-33(51)25-9-8-24-18-27(56-38(39,40)41)11-10-23(24)17-25/h8-11,17-18,20,22,26,29,54H,3-7,12-16,19,21H2,1-2H3,(H2,42,50)(H,45,52)/b44-28+/t26-,29-/m0/s1. The van der Waals surface area contributed by atoms with E-state index in [1.165, 1.54) is 60.0 Å². The Morgan fingerprint density at radius 3 is 2.38 bits per heavy atom. The maximum Gasteiger partial charge on any atom is 0.573 e. The quantitative estimate of drug-likeness (QED) is 0.190. The van der Waals surface area contributed by atoms with Gasteiger partial charge in [-0.2, -0.15) is 0 Å². The maximum atomic E-state index is 14.8. The number of nitrogens with two attached hydrogens (primary N) is 1. The number of halogens is 3. The van der Waals surface area contributed by atoms with Crippen LogP contribution in [0.15, 0.2) is 47.6 Å². The Labute approximate surface area is 319 Å². The molecule has 2 saturated heterocycles. The van der Waals surface area contributed by atoms with Crippen LogP contribution in [-0.2, 0) is 29.5 Å². The molecule has 3 aliphatic rings. The second-order valence-corrected chi connectivity index (χ2v) is 15.2. The summed E-state index contributed by atoms with van der Waals surface area (Å²) in [5, 5.41) is 22.5. The average molecular weight is 784 g/mol. The van der Waals surface area contributed by atoms with Gasteiger partial charge in [0, 0.05) is 44.6 Å². The van der Waals surface area contributed by atoms with Gasteiger partial charge in [-0.05, 0) is 61.2 Å². The van der Waals surface area contributed by atoms with Crippen LogP contribution < -0.4 is 15.8 Å². The number of alkyl halides is 3. The number of hydrogen-bond acceptors (Lipinski definition) is 10. The molecule has 2 aromatic carbocycles. The molecule has 3 fully saturated rings. The van der Waals surface area contributed by atoms with E-state index in [-0.39, 0.29) is 62.6 Å². The summed E-state index contributed by atoms with van der Waals surface area (Å²) < 4.78 is 49.3. The molecule has 56 heavy (non-hydrogen) atoms. The van der Waals surface area contributed by atoms with Crippen molar-refractivity contribution in [1.82, 2.24) is 25.2 Å². The minimum atomic E-state index is -4.88. The number of Topliss-reactive ketones (excluding diaryl/α,β-unsaturated/α-hetero) is 1. The van der Waals surface area contributed by atoms with Crippen molar-refractivity contribution in [1.29, 1.82) is 0 Å². The number of nitrogens with one attached hydrogen (secondary N) is 1. The molecule has 1 aliphatic carbocycles. The van der Waals surface area contributed by atoms with E-state index in [2.05, 4.69) is 25.4 Å². The van der Waals surface area contributed by atoms with Crippen molar-refractivity contribution in [3.05, 3.63) is 53.9 Å². The van der Waals surface area contributed by atoms with Gasteiger partial charge in [0.1, 0.15) is 28.6 Å². The zero-order valence-corrected chi connectivity index (χ0v) is 31.0. The number of aliphatic hydroxyl groups is 1. The first-order chi connectivity index (χ1) is 26.4. The van der Waals surface area contributed by atoms with Gasteiger partial charge in [-0.25, -0.2) is 9.67 Å². The van der Waals surface area contributed by atoms with Crippen molar-refractivity contribution >= 4 is 45.9 Å². The Kier molecular flexibility index (Phi) is 11.6. The molecule has 1 aromatic heterocycles. The fraction of sp³-hybridized carbons (Fsp3) is 0.526. The summed E-state index contributed by atoms with van der Waals surface area (Å²) in [4.78, 5) is 73.8. The molecule has 1 saturated carbocycles. The molecular weight excluding hydrogens is 739 g/mol. The minimum Gasteiger partial charge on any atom is -0.406 e. The van der Waals surface area contributed by atoms with Gasteiger partial charge in [-0.1, -0.05) is 49.5 Å². The maximum absolute atomic E-state index is 14.8. The summed E-state index contributed by atoms with van der Waals surface area (Å²) >= 11 is 0. The van der Waals surface area contributed by atoms with Gasteiger partial charge in [0.05, 0.1) is 17.9 Å². The Morgan fingerprint density at radius 2 is 1.71 bits per heavy atom. The highest BCUT2D eigenvalue weighted by molar-refractivity contribution is 6.41. The van der Waals surface area contributed by atoms with Crippen molar-refractivity contribution in [3.63, 3.8) is 0 Å². The SMILES string of the molecule is CC(C)(O)c1cnnn1[C@H]1C[C@@H](C(=O)NC2(C(=O)C(N)=O)CCOCC2)N(C(=O)/C(CC2CCCCC2)=N/C(=O)c2ccc3cc(OC(F)(F)F)ccc3c2)C1. The number of ether oxygens (including phenoxy) is 2. The van der Waals surface area contributed by atoms with Crippen molar-refractivity contribution < 1.29 is 51.7 Å². The fourth-order valence-electron chi connectivity index (χ4n) is 7.85. The number of likely N-dealkylation sites (tertiary alicyclic amines) is 1. The summed E-state index contributed by atoms with van der Waals surface area (Å²) in [5.41, 5.74) is 2.65. The lowest BCUT2D eigenvalue weighted by Gasteiger charge is -2.37. The van der Waals surface area contributed by atoms with E-state index in [9.17, 15) is 42.3 Å². The van der Waals surface area contributed by atoms with E-state index >= 15 is 0 Å². The van der Waals surface area contributed by atoms with Gasteiger partial charge < -0.3 is 30.5 Å². The van der Waals surface area contributed by atoms with Crippen LogP contribution in [0.5, 0.6) is 5.75 Å². The number of benzene rings is 2. The average Bonchev–Trinajstić information content (AvgIpc) is 3.83. The monoisotopic (exact) mass is 783 g/mol. The number of fused-ring (bicyclic) bond motifs is 1. The van der Waals surface area contributed by atoms with Crippen LogP contribution >= 0.6 is 0 Å². The Bertz CT molecular complexity index is 2030. The molecule has 15 nitrogen and oxygen atoms in total. The fourth-order valence-corrected chi connectivity index (χ4v) is 7.85. The first-order valence-electron chi connectivity index (χ1n) is 18.5. The number of nitrogens with zero attached hydrogens (tertiary/aromatic N) is 5. The number of rotatable bonds is 11. The predicted octanol–water partition coefficient (Wildman–Crippen LogP) is 3.67. The predicted molar refractivity (Wildman–Crippen MR) is 193 cm³/mol. The van der Waals surface area contributed by atoms with Crippen LogP contribution in [0.2, 0.25) is 0 Å². The third kappa shape index (κ3) is 9.07. The summed E-state index contributed by atoms with van der Waals surface area (Å²) in [7, 11) is 0. The third-order valence-corrected chi connectivity index (χ3v) is 10.7. The zero-order valence-electron chi connectivity index (χ0n) is 31.0. The topological polar surface area (TPSA) is 208 Å². The van der Waals surface area contributed by atoms with Gasteiger partial charge in [-0.3, -0.25) is 24.0 Å². The molecule has 0 radical (unpaired) electrons. The first-order valence-corrected chi connectivity index (χ1v) is 18.5. The van der Waals surface area contributed by atoms with Crippen molar-refractivity contribution in [2.24, 2.45) is 16.6 Å².